The number of amides is 4. The van der Waals surface area contributed by atoms with E-state index in [0.29, 0.717) is 50.4 Å². The molecule has 58 heavy (non-hydrogen) atoms. The molecule has 4 aliphatic rings. The highest BCUT2D eigenvalue weighted by Crippen LogP contribution is 2.65. The van der Waals surface area contributed by atoms with Gasteiger partial charge in [-0.3, -0.25) is 29.5 Å². The quantitative estimate of drug-likeness (QED) is 0.130. The molecule has 292 valence electrons. The van der Waals surface area contributed by atoms with Crippen LogP contribution < -0.4 is 10.3 Å². The summed E-state index contributed by atoms with van der Waals surface area (Å²) < 4.78 is 40.6. The minimum atomic E-state index is -4.76. The molecule has 2 saturated heterocycles. The number of halogens is 5. The summed E-state index contributed by atoms with van der Waals surface area (Å²) in [6.45, 7) is 3.77. The number of alkyl halides is 3. The summed E-state index contributed by atoms with van der Waals surface area (Å²) in [4.78, 5) is 64.2. The first-order valence-electron chi connectivity index (χ1n) is 18.4. The number of carbonyl (C=O) groups is 4. The van der Waals surface area contributed by atoms with Gasteiger partial charge in [0.2, 0.25) is 11.8 Å². The van der Waals surface area contributed by atoms with Crippen LogP contribution in [0.3, 0.4) is 0 Å². The van der Waals surface area contributed by atoms with Gasteiger partial charge in [-0.25, -0.2) is 4.98 Å². The number of benzene rings is 4. The number of aromatic nitrogens is 1. The predicted octanol–water partition coefficient (Wildman–Crippen LogP) is 9.10. The minimum absolute atomic E-state index is 0.0698. The molecule has 3 heterocycles. The predicted molar refractivity (Wildman–Crippen MR) is 212 cm³/mol. The number of phenols is 1. The SMILES string of the molecule is C=Cc1ccc(N2C(=O)[C@H]3[C@H](CC=C4[C@H]3C[C@H]3C(=O)N(Nc5ncc(C(F)(F)F)cc5Cl)C(=O)[C@@]3(c3ccc(Cl)cc3)[C@H]4c3ccc4ccccc4c3O)C2=O)cc1. The molecule has 5 aromatic rings. The van der Waals surface area contributed by atoms with Crippen molar-refractivity contribution in [2.24, 2.45) is 23.7 Å². The van der Waals surface area contributed by atoms with Crippen LogP contribution in [-0.2, 0) is 30.8 Å². The van der Waals surface area contributed by atoms with E-state index in [4.69, 9.17) is 23.2 Å². The third-order valence-electron chi connectivity index (χ3n) is 12.2. The molecule has 1 aromatic heterocycles. The fourth-order valence-electron chi connectivity index (χ4n) is 9.65. The third-order valence-corrected chi connectivity index (χ3v) is 12.7. The Morgan fingerprint density at radius 3 is 2.31 bits per heavy atom. The molecular weight excluding hydrogens is 792 g/mol. The average Bonchev–Trinajstić information content (AvgIpc) is 3.59. The van der Waals surface area contributed by atoms with Crippen LogP contribution >= 0.6 is 23.2 Å². The van der Waals surface area contributed by atoms with Crippen LogP contribution in [0, 0.1) is 23.7 Å². The van der Waals surface area contributed by atoms with Gasteiger partial charge < -0.3 is 5.11 Å². The lowest BCUT2D eigenvalue weighted by molar-refractivity contribution is -0.139. The highest BCUT2D eigenvalue weighted by atomic mass is 35.5. The number of hydrazine groups is 1. The Labute approximate surface area is 339 Å². The molecule has 0 bridgehead atoms. The zero-order valence-corrected chi connectivity index (χ0v) is 31.7. The van der Waals surface area contributed by atoms with Crippen molar-refractivity contribution in [1.29, 1.82) is 0 Å². The first kappa shape index (κ1) is 37.6. The van der Waals surface area contributed by atoms with Crippen molar-refractivity contribution < 1.29 is 37.5 Å². The number of imide groups is 2. The van der Waals surface area contributed by atoms with Crippen LogP contribution in [0.4, 0.5) is 24.7 Å². The van der Waals surface area contributed by atoms with E-state index in [1.54, 1.807) is 78.9 Å². The highest BCUT2D eigenvalue weighted by Gasteiger charge is 2.70. The summed E-state index contributed by atoms with van der Waals surface area (Å²) in [6.07, 6.45) is -0.650. The standard InChI is InChI=1S/C44H31Cl2F3N4O5/c1-2-22-7-14-27(15-8-22)52-39(55)30-18-17-29-32(35(30)41(52)57)20-33-40(56)53(51-38-34(46)19-25(21-50-38)44(47,48)49)42(58)43(33,24-10-12-26(45)13-11-24)36(29)31-16-9-23-5-3-4-6-28(23)37(31)54/h2-17,19,21,30,32-33,35-36,54H,1,18,20H2,(H,50,51)/t30-,32+,33-,35-,36+,43+/m0/s1. The molecule has 4 aromatic carbocycles. The molecule has 9 rings (SSSR count). The number of hydrogen-bond acceptors (Lipinski definition) is 7. The molecule has 0 spiro atoms. The Balaban J connectivity index is 1.24. The van der Waals surface area contributed by atoms with Crippen molar-refractivity contribution in [2.45, 2.75) is 30.4 Å². The Bertz CT molecular complexity index is 2630. The third kappa shape index (κ3) is 5.49. The fraction of sp³-hybridized carbons (Fsp3) is 0.205. The van der Waals surface area contributed by atoms with Gasteiger partial charge in [0.1, 0.15) is 5.75 Å². The maximum atomic E-state index is 15.5. The number of nitrogens with zero attached hydrogens (tertiary/aromatic N) is 3. The van der Waals surface area contributed by atoms with Crippen molar-refractivity contribution in [1.82, 2.24) is 9.99 Å². The number of phenolic OH excluding ortho intramolecular Hbond substituents is 1. The van der Waals surface area contributed by atoms with Crippen molar-refractivity contribution in [3.8, 4) is 5.75 Å². The van der Waals surface area contributed by atoms with Gasteiger partial charge in [0, 0.05) is 28.1 Å². The summed E-state index contributed by atoms with van der Waals surface area (Å²) >= 11 is 12.7. The number of pyridine rings is 1. The van der Waals surface area contributed by atoms with Crippen molar-refractivity contribution in [2.75, 3.05) is 10.3 Å². The maximum Gasteiger partial charge on any atom is 0.417 e. The number of hydrogen-bond donors (Lipinski definition) is 2. The van der Waals surface area contributed by atoms with Gasteiger partial charge in [0.15, 0.2) is 5.82 Å². The van der Waals surface area contributed by atoms with E-state index in [1.807, 2.05) is 18.2 Å². The second-order valence-electron chi connectivity index (χ2n) is 15.0. The van der Waals surface area contributed by atoms with E-state index < -0.39 is 75.4 Å². The smallest absolute Gasteiger partial charge is 0.417 e. The van der Waals surface area contributed by atoms with E-state index >= 15 is 4.79 Å². The van der Waals surface area contributed by atoms with Crippen LogP contribution in [0.25, 0.3) is 16.8 Å². The molecule has 2 aliphatic carbocycles. The minimum Gasteiger partial charge on any atom is -0.507 e. The van der Waals surface area contributed by atoms with Gasteiger partial charge in [-0.1, -0.05) is 108 Å². The molecular formula is C44H31Cl2F3N4O5. The lowest BCUT2D eigenvalue weighted by Crippen LogP contribution is -2.53. The van der Waals surface area contributed by atoms with Crippen molar-refractivity contribution >= 4 is 75.2 Å². The van der Waals surface area contributed by atoms with E-state index in [2.05, 4.69) is 17.0 Å². The van der Waals surface area contributed by atoms with Crippen LogP contribution in [0.15, 0.2) is 115 Å². The van der Waals surface area contributed by atoms with Gasteiger partial charge in [-0.2, -0.15) is 18.2 Å². The molecule has 0 radical (unpaired) electrons. The molecule has 2 N–H and O–H groups in total. The lowest BCUT2D eigenvalue weighted by Gasteiger charge is -2.50. The zero-order chi connectivity index (χ0) is 40.8. The van der Waals surface area contributed by atoms with Gasteiger partial charge in [-0.05, 0) is 65.6 Å². The van der Waals surface area contributed by atoms with Crippen LogP contribution in [0.1, 0.15) is 41.0 Å². The second-order valence-corrected chi connectivity index (χ2v) is 15.8. The second kappa shape index (κ2) is 13.6. The number of aromatic hydroxyl groups is 1. The maximum absolute atomic E-state index is 15.5. The molecule has 0 unspecified atom stereocenters. The number of fused-ring (bicyclic) bond motifs is 5. The zero-order valence-electron chi connectivity index (χ0n) is 30.2. The normalized spacial score (nSPS) is 25.4. The molecule has 14 heteroatoms. The number of nitrogens with one attached hydrogen (secondary N) is 1. The summed E-state index contributed by atoms with van der Waals surface area (Å²) in [5, 5.41) is 13.9. The summed E-state index contributed by atoms with van der Waals surface area (Å²) in [7, 11) is 0. The van der Waals surface area contributed by atoms with E-state index in [9.17, 15) is 32.7 Å². The Morgan fingerprint density at radius 1 is 0.897 bits per heavy atom. The average molecular weight is 824 g/mol. The lowest BCUT2D eigenvalue weighted by atomic mass is 9.49. The molecule has 3 fully saturated rings. The summed E-state index contributed by atoms with van der Waals surface area (Å²) in [5.74, 6) is -7.69. The van der Waals surface area contributed by atoms with Gasteiger partial charge in [0.25, 0.3) is 11.8 Å². The van der Waals surface area contributed by atoms with Crippen molar-refractivity contribution in [3.63, 3.8) is 0 Å². The van der Waals surface area contributed by atoms with Crippen LogP contribution in [0.5, 0.6) is 5.75 Å². The monoisotopic (exact) mass is 822 g/mol. The molecule has 2 aliphatic heterocycles. The largest absolute Gasteiger partial charge is 0.507 e. The first-order valence-corrected chi connectivity index (χ1v) is 19.2. The van der Waals surface area contributed by atoms with E-state index in [0.717, 1.165) is 10.6 Å². The topological polar surface area (TPSA) is 120 Å². The summed E-state index contributed by atoms with van der Waals surface area (Å²) in [6, 6.07) is 24.5. The van der Waals surface area contributed by atoms with Gasteiger partial charge in [0.05, 0.1) is 39.4 Å². The Morgan fingerprint density at radius 2 is 1.62 bits per heavy atom. The number of carbonyl (C=O) groups excluding carboxylic acids is 4. The molecule has 6 atom stereocenters. The van der Waals surface area contributed by atoms with Crippen LogP contribution in [0.2, 0.25) is 10.0 Å². The molecule has 4 amide bonds. The number of rotatable bonds is 6. The van der Waals surface area contributed by atoms with Crippen molar-refractivity contribution in [3.05, 3.63) is 148 Å². The van der Waals surface area contributed by atoms with E-state index in [-0.39, 0.29) is 24.4 Å². The number of anilines is 2. The Hall–Kier alpha value is -5.98. The first-order chi connectivity index (χ1) is 27.7. The fourth-order valence-corrected chi connectivity index (χ4v) is 9.98. The van der Waals surface area contributed by atoms with Gasteiger partial charge in [-0.15, -0.1) is 0 Å². The Kier molecular flexibility index (Phi) is 8.79. The molecule has 1 saturated carbocycles. The van der Waals surface area contributed by atoms with Gasteiger partial charge >= 0.3 is 6.18 Å². The highest BCUT2D eigenvalue weighted by molar-refractivity contribution is 6.33. The van der Waals surface area contributed by atoms with Crippen LogP contribution in [-0.4, -0.2) is 38.7 Å². The molecule has 9 nitrogen and oxygen atoms in total. The number of allylic oxidation sites excluding steroid dienone is 2. The summed E-state index contributed by atoms with van der Waals surface area (Å²) in [5.41, 5.74) is 2.13. The van der Waals surface area contributed by atoms with E-state index in [1.165, 1.54) is 4.90 Å².